The molecule has 0 spiro atoms. The van der Waals surface area contributed by atoms with E-state index in [-0.39, 0.29) is 20.1 Å². The van der Waals surface area contributed by atoms with E-state index < -0.39 is 22.0 Å². The van der Waals surface area contributed by atoms with E-state index in [9.17, 15) is 13.2 Å². The maximum atomic E-state index is 12.7. The molecule has 0 bridgehead atoms. The number of halogens is 2. The van der Waals surface area contributed by atoms with Crippen LogP contribution in [0.25, 0.3) is 0 Å². The Morgan fingerprint density at radius 3 is 2.47 bits per heavy atom. The van der Waals surface area contributed by atoms with Crippen LogP contribution in [0.4, 0.5) is 5.13 Å². The van der Waals surface area contributed by atoms with Gasteiger partial charge in [0.1, 0.15) is 0 Å². The Kier molecular flexibility index (Phi) is 6.78. The molecule has 0 aliphatic carbocycles. The number of carbonyl (C=O) groups excluding carboxylic acids is 1. The number of nitrogens with zero attached hydrogens (tertiary/aromatic N) is 2. The van der Waals surface area contributed by atoms with Crippen molar-refractivity contribution >= 4 is 55.6 Å². The van der Waals surface area contributed by atoms with Crippen LogP contribution in [0.15, 0.2) is 40.7 Å². The van der Waals surface area contributed by atoms with Gasteiger partial charge in [-0.3, -0.25) is 10.1 Å². The van der Waals surface area contributed by atoms with Crippen LogP contribution in [0.2, 0.25) is 10.0 Å². The lowest BCUT2D eigenvalue weighted by molar-refractivity contribution is 0.102. The molecule has 3 aromatic rings. The maximum Gasteiger partial charge on any atom is 0.270 e. The second kappa shape index (κ2) is 8.99. The molecule has 1 heterocycles. The number of carbonyl (C=O) groups is 1. The first kappa shape index (κ1) is 22.6. The second-order valence-electron chi connectivity index (χ2n) is 6.64. The first-order chi connectivity index (χ1) is 14.1. The third-order valence-corrected chi connectivity index (χ3v) is 7.69. The summed E-state index contributed by atoms with van der Waals surface area (Å²) >= 11 is 12.6. The highest BCUT2D eigenvalue weighted by Gasteiger charge is 2.24. The zero-order valence-electron chi connectivity index (χ0n) is 16.2. The fourth-order valence-electron chi connectivity index (χ4n) is 2.59. The molecule has 0 fully saturated rings. The molecule has 30 heavy (non-hydrogen) atoms. The van der Waals surface area contributed by atoms with Crippen LogP contribution in [-0.4, -0.2) is 24.5 Å². The van der Waals surface area contributed by atoms with Gasteiger partial charge in [0.25, 0.3) is 15.9 Å². The molecule has 2 aromatic carbocycles. The van der Waals surface area contributed by atoms with E-state index in [0.717, 1.165) is 28.0 Å². The molecule has 1 unspecified atom stereocenters. The maximum absolute atomic E-state index is 12.7. The number of aryl methyl sites for hydroxylation is 2. The molecule has 0 saturated heterocycles. The van der Waals surface area contributed by atoms with E-state index in [1.807, 2.05) is 32.0 Å². The van der Waals surface area contributed by atoms with Crippen molar-refractivity contribution in [3.63, 3.8) is 0 Å². The number of benzene rings is 2. The van der Waals surface area contributed by atoms with Crippen molar-refractivity contribution in [3.05, 3.63) is 68.7 Å². The van der Waals surface area contributed by atoms with Crippen molar-refractivity contribution in [2.75, 3.05) is 5.32 Å². The lowest BCUT2D eigenvalue weighted by Crippen LogP contribution is -2.26. The van der Waals surface area contributed by atoms with E-state index in [4.69, 9.17) is 23.2 Å². The molecule has 2 N–H and O–H groups in total. The van der Waals surface area contributed by atoms with Gasteiger partial charge in [0, 0.05) is 11.1 Å². The van der Waals surface area contributed by atoms with Crippen LogP contribution in [0, 0.1) is 13.8 Å². The lowest BCUT2D eigenvalue weighted by atomic mass is 10.0. The molecule has 0 aliphatic heterocycles. The Bertz CT molecular complexity index is 1210. The number of nitrogens with one attached hydrogen (secondary N) is 2. The summed E-state index contributed by atoms with van der Waals surface area (Å²) in [5.41, 5.74) is 3.21. The summed E-state index contributed by atoms with van der Waals surface area (Å²) in [6.45, 7) is 5.70. The Morgan fingerprint density at radius 2 is 1.80 bits per heavy atom. The highest BCUT2D eigenvalue weighted by molar-refractivity contribution is 7.91. The molecule has 1 aromatic heterocycles. The van der Waals surface area contributed by atoms with E-state index in [1.165, 1.54) is 18.2 Å². The van der Waals surface area contributed by atoms with Crippen LogP contribution in [0.1, 0.15) is 40.0 Å². The Hall–Kier alpha value is -2.04. The minimum Gasteiger partial charge on any atom is -0.296 e. The molecular formula is C19H18Cl2N4O3S2. The van der Waals surface area contributed by atoms with Gasteiger partial charge in [0.05, 0.1) is 10.6 Å². The van der Waals surface area contributed by atoms with Crippen LogP contribution in [0.5, 0.6) is 0 Å². The van der Waals surface area contributed by atoms with Gasteiger partial charge in [-0.15, -0.1) is 10.2 Å². The monoisotopic (exact) mass is 484 g/mol. The highest BCUT2D eigenvalue weighted by atomic mass is 35.5. The zero-order valence-corrected chi connectivity index (χ0v) is 19.4. The molecule has 1 atom stereocenters. The molecule has 3 rings (SSSR count). The number of hydrogen-bond donors (Lipinski definition) is 2. The summed E-state index contributed by atoms with van der Waals surface area (Å²) in [6.07, 6.45) is 0. The fourth-order valence-corrected chi connectivity index (χ4v) is 5.23. The van der Waals surface area contributed by atoms with Crippen molar-refractivity contribution in [2.45, 2.75) is 31.2 Å². The molecule has 0 saturated carbocycles. The predicted octanol–water partition coefficient (Wildman–Crippen LogP) is 4.75. The highest BCUT2D eigenvalue weighted by Crippen LogP contribution is 2.25. The van der Waals surface area contributed by atoms with Crippen molar-refractivity contribution in [1.29, 1.82) is 0 Å². The van der Waals surface area contributed by atoms with Gasteiger partial charge < -0.3 is 0 Å². The van der Waals surface area contributed by atoms with Crippen molar-refractivity contribution in [2.24, 2.45) is 0 Å². The second-order valence-corrected chi connectivity index (χ2v) is 10.3. The van der Waals surface area contributed by atoms with Crippen molar-refractivity contribution in [1.82, 2.24) is 14.9 Å². The van der Waals surface area contributed by atoms with Gasteiger partial charge in [-0.25, -0.2) is 13.1 Å². The first-order valence-corrected chi connectivity index (χ1v) is 11.8. The van der Waals surface area contributed by atoms with E-state index in [2.05, 4.69) is 20.2 Å². The number of anilines is 1. The molecule has 0 aliphatic rings. The fraction of sp³-hybridized carbons (Fsp3) is 0.211. The average molecular weight is 485 g/mol. The minimum atomic E-state index is -3.92. The smallest absolute Gasteiger partial charge is 0.270 e. The lowest BCUT2D eigenvalue weighted by Gasteiger charge is -2.14. The summed E-state index contributed by atoms with van der Waals surface area (Å²) in [5, 5.41) is 10.5. The first-order valence-electron chi connectivity index (χ1n) is 8.76. The topological polar surface area (TPSA) is 101 Å². The minimum absolute atomic E-state index is 0.0326. The number of aromatic nitrogens is 2. The van der Waals surface area contributed by atoms with E-state index in [1.54, 1.807) is 6.92 Å². The molecule has 0 radical (unpaired) electrons. The average Bonchev–Trinajstić information content (AvgIpc) is 3.13. The normalized spacial score (nSPS) is 12.6. The van der Waals surface area contributed by atoms with Gasteiger partial charge >= 0.3 is 0 Å². The SMILES string of the molecule is Cc1ccc(C(C)NS(=O)(=O)c2nnc(NC(=O)c3ccc(Cl)cc3Cl)s2)cc1C. The molecule has 158 valence electrons. The van der Waals surface area contributed by atoms with E-state index >= 15 is 0 Å². The Morgan fingerprint density at radius 1 is 1.07 bits per heavy atom. The van der Waals surface area contributed by atoms with Crippen molar-refractivity contribution in [3.8, 4) is 0 Å². The van der Waals surface area contributed by atoms with Crippen LogP contribution >= 0.6 is 34.5 Å². The molecular weight excluding hydrogens is 467 g/mol. The molecule has 7 nitrogen and oxygen atoms in total. The van der Waals surface area contributed by atoms with Crippen LogP contribution in [-0.2, 0) is 10.0 Å². The third kappa shape index (κ3) is 5.16. The summed E-state index contributed by atoms with van der Waals surface area (Å²) in [7, 11) is -3.92. The third-order valence-electron chi connectivity index (χ3n) is 4.40. The predicted molar refractivity (Wildman–Crippen MR) is 119 cm³/mol. The summed E-state index contributed by atoms with van der Waals surface area (Å²) in [4.78, 5) is 12.4. The standard InChI is InChI=1S/C19H18Cl2N4O3S2/c1-10-4-5-13(8-11(10)2)12(3)25-30(27,28)19-24-23-18(29-19)22-17(26)15-7-6-14(20)9-16(15)21/h4-9,12,25H,1-3H3,(H,22,23,26). The van der Waals surface area contributed by atoms with Crippen LogP contribution in [0.3, 0.4) is 0 Å². The van der Waals surface area contributed by atoms with Gasteiger partial charge in [0.15, 0.2) is 0 Å². The van der Waals surface area contributed by atoms with Gasteiger partial charge in [-0.05, 0) is 55.7 Å². The van der Waals surface area contributed by atoms with Crippen LogP contribution < -0.4 is 10.0 Å². The quantitative estimate of drug-likeness (QED) is 0.491. The largest absolute Gasteiger partial charge is 0.296 e. The Labute approximate surface area is 188 Å². The molecule has 1 amide bonds. The number of amides is 1. The summed E-state index contributed by atoms with van der Waals surface area (Å²) in [5.74, 6) is -0.548. The van der Waals surface area contributed by atoms with Gasteiger partial charge in [-0.1, -0.05) is 52.7 Å². The van der Waals surface area contributed by atoms with Gasteiger partial charge in [0.2, 0.25) is 9.47 Å². The zero-order chi connectivity index (χ0) is 22.1. The summed E-state index contributed by atoms with van der Waals surface area (Å²) < 4.78 is 27.7. The van der Waals surface area contributed by atoms with E-state index in [0.29, 0.717) is 5.02 Å². The number of rotatable bonds is 6. The Balaban J connectivity index is 1.73. The number of sulfonamides is 1. The van der Waals surface area contributed by atoms with Gasteiger partial charge in [-0.2, -0.15) is 0 Å². The summed E-state index contributed by atoms with van der Waals surface area (Å²) in [6, 6.07) is 9.70. The molecule has 11 heteroatoms. The number of hydrogen-bond acceptors (Lipinski definition) is 6. The van der Waals surface area contributed by atoms with Crippen molar-refractivity contribution < 1.29 is 13.2 Å².